The SMILES string of the molecule is C=CC[C@@]1(O)CO[C@@H](CC(C)O[Si](c2ccccc2)(c2ccccc2)C(C)(C)C)[C@@H]2OC(C)(C)O[C@@H]21. The van der Waals surface area contributed by atoms with Gasteiger partial charge >= 0.3 is 0 Å². The van der Waals surface area contributed by atoms with E-state index in [9.17, 15) is 5.11 Å². The van der Waals surface area contributed by atoms with Gasteiger partial charge in [-0.1, -0.05) is 87.5 Å². The monoisotopic (exact) mass is 510 g/mol. The fourth-order valence-corrected chi connectivity index (χ4v) is 10.6. The topological polar surface area (TPSA) is 57.2 Å². The first-order valence-electron chi connectivity index (χ1n) is 13.0. The zero-order chi connectivity index (χ0) is 26.2. The van der Waals surface area contributed by atoms with Crippen molar-refractivity contribution in [3.05, 3.63) is 73.3 Å². The second-order valence-electron chi connectivity index (χ2n) is 11.8. The summed E-state index contributed by atoms with van der Waals surface area (Å²) in [6.45, 7) is 16.7. The van der Waals surface area contributed by atoms with E-state index in [1.165, 1.54) is 10.4 Å². The molecule has 4 rings (SSSR count). The summed E-state index contributed by atoms with van der Waals surface area (Å²) in [6, 6.07) is 21.3. The van der Waals surface area contributed by atoms with Crippen LogP contribution in [0.4, 0.5) is 0 Å². The summed E-state index contributed by atoms with van der Waals surface area (Å²) in [7, 11) is -2.69. The van der Waals surface area contributed by atoms with Crippen molar-refractivity contribution < 1.29 is 23.7 Å². The van der Waals surface area contributed by atoms with Crippen LogP contribution in [0.25, 0.3) is 0 Å². The molecule has 2 saturated heterocycles. The Bertz CT molecular complexity index is 979. The number of rotatable bonds is 8. The van der Waals surface area contributed by atoms with Crippen LogP contribution in [0.5, 0.6) is 0 Å². The molecule has 6 heteroatoms. The Morgan fingerprint density at radius 2 is 1.61 bits per heavy atom. The third kappa shape index (κ3) is 5.12. The van der Waals surface area contributed by atoms with Crippen LogP contribution in [0.3, 0.4) is 0 Å². The van der Waals surface area contributed by atoms with Gasteiger partial charge in [-0.3, -0.25) is 0 Å². The van der Waals surface area contributed by atoms with Gasteiger partial charge in [0, 0.05) is 12.5 Å². The lowest BCUT2D eigenvalue weighted by atomic mass is 9.84. The molecule has 36 heavy (non-hydrogen) atoms. The maximum absolute atomic E-state index is 11.3. The number of hydrogen-bond donors (Lipinski definition) is 1. The zero-order valence-corrected chi connectivity index (χ0v) is 23.6. The fraction of sp³-hybridized carbons (Fsp3) is 0.533. The van der Waals surface area contributed by atoms with Crippen molar-refractivity contribution >= 4 is 18.7 Å². The molecular weight excluding hydrogens is 468 g/mol. The lowest BCUT2D eigenvalue weighted by Crippen LogP contribution is -2.68. The summed E-state index contributed by atoms with van der Waals surface area (Å²) >= 11 is 0. The zero-order valence-electron chi connectivity index (χ0n) is 22.6. The first-order chi connectivity index (χ1) is 16.9. The summed E-state index contributed by atoms with van der Waals surface area (Å²) in [5.74, 6) is -0.793. The van der Waals surface area contributed by atoms with Gasteiger partial charge in [0.15, 0.2) is 5.79 Å². The van der Waals surface area contributed by atoms with Crippen LogP contribution in [0, 0.1) is 0 Å². The van der Waals surface area contributed by atoms with Crippen molar-refractivity contribution in [2.75, 3.05) is 6.61 Å². The summed E-state index contributed by atoms with van der Waals surface area (Å²) in [4.78, 5) is 0. The smallest absolute Gasteiger partial charge is 0.261 e. The third-order valence-corrected chi connectivity index (χ3v) is 12.6. The molecule has 2 aliphatic heterocycles. The number of aliphatic hydroxyl groups is 1. The Balaban J connectivity index is 1.65. The van der Waals surface area contributed by atoms with E-state index < -0.39 is 25.8 Å². The highest BCUT2D eigenvalue weighted by atomic mass is 28.4. The van der Waals surface area contributed by atoms with E-state index in [0.29, 0.717) is 12.8 Å². The van der Waals surface area contributed by atoms with E-state index in [1.54, 1.807) is 6.08 Å². The largest absolute Gasteiger partial charge is 0.405 e. The summed E-state index contributed by atoms with van der Waals surface area (Å²) in [5, 5.41) is 13.7. The number of fused-ring (bicyclic) bond motifs is 1. The Morgan fingerprint density at radius 3 is 2.11 bits per heavy atom. The first kappa shape index (κ1) is 27.2. The van der Waals surface area contributed by atoms with Crippen molar-refractivity contribution in [3.8, 4) is 0 Å². The second-order valence-corrected chi connectivity index (χ2v) is 16.0. The molecule has 0 saturated carbocycles. The van der Waals surface area contributed by atoms with E-state index in [2.05, 4.69) is 94.9 Å². The van der Waals surface area contributed by atoms with Crippen molar-refractivity contribution in [1.29, 1.82) is 0 Å². The minimum Gasteiger partial charge on any atom is -0.405 e. The molecule has 2 aliphatic rings. The normalized spacial score (nSPS) is 28.9. The standard InChI is InChI=1S/C30H42O5Si/c1-8-19-30(31)21-32-25(26-27(30)34-29(6,7)33-26)20-22(2)35-36(28(3,4)5,23-15-11-9-12-16-23)24-17-13-10-14-18-24/h8-18,22,25-27,31H,1,19-21H2,2-7H3/t22?,25-,26-,27-,30+/m0/s1. The minimum absolute atomic E-state index is 0.111. The molecule has 0 spiro atoms. The van der Waals surface area contributed by atoms with Crippen LogP contribution in [-0.2, 0) is 18.6 Å². The molecule has 0 amide bonds. The lowest BCUT2D eigenvalue weighted by Gasteiger charge is -2.46. The van der Waals surface area contributed by atoms with Crippen LogP contribution in [0.1, 0.15) is 54.4 Å². The van der Waals surface area contributed by atoms with Crippen molar-refractivity contribution in [2.45, 2.75) is 95.2 Å². The van der Waals surface area contributed by atoms with Gasteiger partial charge in [-0.25, -0.2) is 0 Å². The van der Waals surface area contributed by atoms with Crippen LogP contribution < -0.4 is 10.4 Å². The first-order valence-corrected chi connectivity index (χ1v) is 14.9. The minimum atomic E-state index is -2.69. The molecule has 0 bridgehead atoms. The van der Waals surface area contributed by atoms with E-state index in [-0.39, 0.29) is 30.0 Å². The van der Waals surface area contributed by atoms with Crippen LogP contribution in [0.15, 0.2) is 73.3 Å². The van der Waals surface area contributed by atoms with E-state index in [0.717, 1.165) is 0 Å². The molecule has 196 valence electrons. The highest BCUT2D eigenvalue weighted by Crippen LogP contribution is 2.43. The highest BCUT2D eigenvalue weighted by molar-refractivity contribution is 6.99. The number of ether oxygens (including phenoxy) is 3. The summed E-state index contributed by atoms with van der Waals surface area (Å²) in [6.07, 6.45) is 1.50. The van der Waals surface area contributed by atoms with Gasteiger partial charge < -0.3 is 23.7 Å². The van der Waals surface area contributed by atoms with Crippen molar-refractivity contribution in [2.24, 2.45) is 0 Å². The predicted molar refractivity (Wildman–Crippen MR) is 146 cm³/mol. The van der Waals surface area contributed by atoms with Gasteiger partial charge in [-0.2, -0.15) is 0 Å². The van der Waals surface area contributed by atoms with Gasteiger partial charge in [-0.05, 0) is 42.6 Å². The van der Waals surface area contributed by atoms with Crippen molar-refractivity contribution in [1.82, 2.24) is 0 Å². The Morgan fingerprint density at radius 1 is 1.06 bits per heavy atom. The molecule has 2 aromatic rings. The maximum atomic E-state index is 11.3. The Labute approximate surface area is 217 Å². The Hall–Kier alpha value is -1.80. The molecular formula is C30H42O5Si. The maximum Gasteiger partial charge on any atom is 0.261 e. The van der Waals surface area contributed by atoms with Crippen molar-refractivity contribution in [3.63, 3.8) is 0 Å². The molecule has 1 N–H and O–H groups in total. The van der Waals surface area contributed by atoms with Gasteiger partial charge in [0.1, 0.15) is 17.8 Å². The molecule has 2 heterocycles. The summed E-state index contributed by atoms with van der Waals surface area (Å²) in [5.41, 5.74) is -1.15. The molecule has 5 atom stereocenters. The van der Waals surface area contributed by atoms with Gasteiger partial charge in [0.25, 0.3) is 8.32 Å². The van der Waals surface area contributed by atoms with E-state index >= 15 is 0 Å². The molecule has 2 fully saturated rings. The summed E-state index contributed by atoms with van der Waals surface area (Å²) < 4.78 is 26.0. The lowest BCUT2D eigenvalue weighted by molar-refractivity contribution is -0.203. The Kier molecular flexibility index (Phi) is 7.69. The molecule has 0 aliphatic carbocycles. The van der Waals surface area contributed by atoms with Crippen LogP contribution in [-0.4, -0.2) is 55.8 Å². The molecule has 1 unspecified atom stereocenters. The fourth-order valence-electron chi connectivity index (χ4n) is 5.90. The van der Waals surface area contributed by atoms with Crippen LogP contribution >= 0.6 is 0 Å². The number of benzene rings is 2. The molecule has 5 nitrogen and oxygen atoms in total. The predicted octanol–water partition coefficient (Wildman–Crippen LogP) is 4.57. The number of hydrogen-bond acceptors (Lipinski definition) is 5. The quantitative estimate of drug-likeness (QED) is 0.417. The average Bonchev–Trinajstić information content (AvgIpc) is 3.17. The van der Waals surface area contributed by atoms with Crippen LogP contribution in [0.2, 0.25) is 5.04 Å². The highest BCUT2D eigenvalue weighted by Gasteiger charge is 2.58. The third-order valence-electron chi connectivity index (χ3n) is 7.43. The van der Waals surface area contributed by atoms with E-state index in [4.69, 9.17) is 18.6 Å². The van der Waals surface area contributed by atoms with Gasteiger partial charge in [0.2, 0.25) is 0 Å². The van der Waals surface area contributed by atoms with Gasteiger partial charge in [-0.15, -0.1) is 6.58 Å². The molecule has 0 radical (unpaired) electrons. The van der Waals surface area contributed by atoms with Gasteiger partial charge in [0.05, 0.1) is 12.7 Å². The van der Waals surface area contributed by atoms with E-state index in [1.807, 2.05) is 13.8 Å². The molecule has 0 aromatic heterocycles. The average molecular weight is 511 g/mol. The molecule has 2 aromatic carbocycles. The second kappa shape index (κ2) is 10.2.